The number of carbonyl (C=O) groups is 5. The van der Waals surface area contributed by atoms with Gasteiger partial charge in [0.25, 0.3) is 0 Å². The molecule has 2 N–H and O–H groups in total. The molecule has 10 nitrogen and oxygen atoms in total. The van der Waals surface area contributed by atoms with Crippen molar-refractivity contribution < 1.29 is 28.7 Å². The van der Waals surface area contributed by atoms with Gasteiger partial charge in [0.15, 0.2) is 0 Å². The molecule has 2 aromatic rings. The molecule has 4 heterocycles. The largest absolute Gasteiger partial charge is 0.467 e. The lowest BCUT2D eigenvalue weighted by Crippen LogP contribution is -2.58. The van der Waals surface area contributed by atoms with E-state index >= 15 is 0 Å². The number of benzene rings is 2. The van der Waals surface area contributed by atoms with E-state index < -0.39 is 35.9 Å². The SMILES string of the molecule is COC(=O)C1CCCC2SCCC(NC(=O)C(CCC(Cc3ccccc3)C(=O)NC3CSC4CCCCN4C3=O)Cc3ccccc3)C(=O)N21. The van der Waals surface area contributed by atoms with E-state index in [1.54, 1.807) is 28.4 Å². The summed E-state index contributed by atoms with van der Waals surface area (Å²) in [5.41, 5.74) is 2.01. The zero-order valence-corrected chi connectivity index (χ0v) is 31.0. The standard InChI is InChI=1S/C39H50N4O6S2/c1-49-39(48)32-15-10-17-34-43(32)38(47)30(20-22-50-34)40-35(44)28(23-26-11-4-2-5-12-26)18-19-29(24-27-13-6-3-7-14-27)36(45)41-31-25-51-33-16-8-9-21-42(33)37(31)46/h2-7,11-14,28-34H,8-10,15-25H2,1H3,(H,40,44)(H,41,45). The molecule has 12 heteroatoms. The monoisotopic (exact) mass is 734 g/mol. The molecule has 4 aliphatic heterocycles. The molecule has 4 amide bonds. The number of amides is 4. The average Bonchev–Trinajstić information content (AvgIpc) is 3.32. The third kappa shape index (κ3) is 9.30. The number of piperidine rings is 2. The molecule has 0 saturated carbocycles. The first-order chi connectivity index (χ1) is 24.8. The molecule has 4 saturated heterocycles. The molecule has 0 aliphatic carbocycles. The second-order valence-corrected chi connectivity index (χ2v) is 16.6. The summed E-state index contributed by atoms with van der Waals surface area (Å²) in [5, 5.41) is 6.27. The zero-order chi connectivity index (χ0) is 35.7. The fourth-order valence-electron chi connectivity index (χ4n) is 7.89. The number of esters is 1. The van der Waals surface area contributed by atoms with Gasteiger partial charge in [-0.2, -0.15) is 0 Å². The maximum atomic E-state index is 14.2. The number of thioether (sulfide) groups is 2. The number of ether oxygens (including phenoxy) is 1. The minimum atomic E-state index is -0.754. The molecular weight excluding hydrogens is 685 g/mol. The van der Waals surface area contributed by atoms with Gasteiger partial charge in [0.05, 0.1) is 17.9 Å². The predicted octanol–water partition coefficient (Wildman–Crippen LogP) is 4.56. The Morgan fingerprint density at radius 2 is 1.35 bits per heavy atom. The fourth-order valence-corrected chi connectivity index (χ4v) is 10.6. The van der Waals surface area contributed by atoms with Crippen LogP contribution in [0.3, 0.4) is 0 Å². The Balaban J connectivity index is 1.18. The van der Waals surface area contributed by atoms with Crippen molar-refractivity contribution in [3.63, 3.8) is 0 Å². The number of carbonyl (C=O) groups excluding carboxylic acids is 5. The average molecular weight is 735 g/mol. The van der Waals surface area contributed by atoms with Crippen LogP contribution in [-0.4, -0.2) is 93.4 Å². The summed E-state index contributed by atoms with van der Waals surface area (Å²) in [6.45, 7) is 0.733. The van der Waals surface area contributed by atoms with Gasteiger partial charge in [0, 0.05) is 24.1 Å². The molecule has 4 aliphatic rings. The summed E-state index contributed by atoms with van der Waals surface area (Å²) in [7, 11) is 1.34. The van der Waals surface area contributed by atoms with Gasteiger partial charge >= 0.3 is 5.97 Å². The van der Waals surface area contributed by atoms with Gasteiger partial charge in [-0.3, -0.25) is 19.2 Å². The van der Waals surface area contributed by atoms with Crippen LogP contribution < -0.4 is 10.6 Å². The molecule has 0 spiro atoms. The van der Waals surface area contributed by atoms with Crippen LogP contribution in [-0.2, 0) is 41.6 Å². The highest BCUT2D eigenvalue weighted by Gasteiger charge is 2.44. The van der Waals surface area contributed by atoms with Crippen LogP contribution in [0.4, 0.5) is 0 Å². The number of hydrogen-bond donors (Lipinski definition) is 2. The molecular formula is C39H50N4O6S2. The van der Waals surface area contributed by atoms with Crippen molar-refractivity contribution >= 4 is 53.1 Å². The van der Waals surface area contributed by atoms with E-state index in [0.717, 1.165) is 49.8 Å². The lowest BCUT2D eigenvalue weighted by molar-refractivity contribution is -0.156. The lowest BCUT2D eigenvalue weighted by Gasteiger charge is -2.42. The van der Waals surface area contributed by atoms with E-state index in [-0.39, 0.29) is 34.4 Å². The van der Waals surface area contributed by atoms with E-state index in [4.69, 9.17) is 4.74 Å². The molecule has 0 bridgehead atoms. The van der Waals surface area contributed by atoms with Crippen LogP contribution in [0.1, 0.15) is 68.9 Å². The highest BCUT2D eigenvalue weighted by Crippen LogP contribution is 2.35. The molecule has 6 rings (SSSR count). The highest BCUT2D eigenvalue weighted by atomic mass is 32.2. The second-order valence-electron chi connectivity index (χ2n) is 14.1. The van der Waals surface area contributed by atoms with Crippen molar-refractivity contribution in [1.82, 2.24) is 20.4 Å². The Morgan fingerprint density at radius 3 is 1.98 bits per heavy atom. The van der Waals surface area contributed by atoms with E-state index in [0.29, 0.717) is 50.0 Å². The van der Waals surface area contributed by atoms with Crippen LogP contribution in [0, 0.1) is 11.8 Å². The van der Waals surface area contributed by atoms with Crippen molar-refractivity contribution in [3.8, 4) is 0 Å². The first-order valence-electron chi connectivity index (χ1n) is 18.4. The highest BCUT2D eigenvalue weighted by molar-refractivity contribution is 8.00. The van der Waals surface area contributed by atoms with Gasteiger partial charge in [-0.05, 0) is 87.5 Å². The maximum absolute atomic E-state index is 14.2. The van der Waals surface area contributed by atoms with E-state index in [1.807, 2.05) is 65.6 Å². The topological polar surface area (TPSA) is 125 Å². The van der Waals surface area contributed by atoms with Crippen LogP contribution in [0.2, 0.25) is 0 Å². The summed E-state index contributed by atoms with van der Waals surface area (Å²) in [6, 6.07) is 17.7. The molecule has 0 aromatic heterocycles. The molecule has 7 unspecified atom stereocenters. The summed E-state index contributed by atoms with van der Waals surface area (Å²) in [6.07, 6.45) is 7.53. The van der Waals surface area contributed by atoms with E-state index in [1.165, 1.54) is 7.11 Å². The summed E-state index contributed by atoms with van der Waals surface area (Å²) in [5.74, 6) is -0.778. The lowest BCUT2D eigenvalue weighted by atomic mass is 9.86. The predicted molar refractivity (Wildman–Crippen MR) is 200 cm³/mol. The van der Waals surface area contributed by atoms with E-state index in [9.17, 15) is 24.0 Å². The molecule has 0 radical (unpaired) electrons. The van der Waals surface area contributed by atoms with Gasteiger partial charge in [0.1, 0.15) is 18.1 Å². The van der Waals surface area contributed by atoms with Gasteiger partial charge in [-0.1, -0.05) is 60.7 Å². The first-order valence-corrected chi connectivity index (χ1v) is 20.5. The number of nitrogens with one attached hydrogen (secondary N) is 2. The summed E-state index contributed by atoms with van der Waals surface area (Å²) in [4.78, 5) is 71.9. The Labute approximate surface area is 309 Å². The fraction of sp³-hybridized carbons (Fsp3) is 0.564. The van der Waals surface area contributed by atoms with Gasteiger partial charge in [-0.25, -0.2) is 4.79 Å². The van der Waals surface area contributed by atoms with Crippen LogP contribution in [0.25, 0.3) is 0 Å². The van der Waals surface area contributed by atoms with Crippen molar-refractivity contribution in [2.75, 3.05) is 25.2 Å². The van der Waals surface area contributed by atoms with Gasteiger partial charge in [0.2, 0.25) is 23.6 Å². The Morgan fingerprint density at radius 1 is 0.745 bits per heavy atom. The van der Waals surface area contributed by atoms with Crippen molar-refractivity contribution in [2.24, 2.45) is 11.8 Å². The number of hydrogen-bond acceptors (Lipinski definition) is 8. The van der Waals surface area contributed by atoms with Crippen molar-refractivity contribution in [2.45, 2.75) is 99.5 Å². The molecule has 4 fully saturated rings. The third-order valence-corrected chi connectivity index (χ3v) is 13.4. The third-order valence-electron chi connectivity index (χ3n) is 10.7. The van der Waals surface area contributed by atoms with Crippen LogP contribution >= 0.6 is 23.5 Å². The number of methoxy groups -OCH3 is 1. The second kappa shape index (κ2) is 17.8. The van der Waals surface area contributed by atoms with Gasteiger partial charge < -0.3 is 25.2 Å². The molecule has 274 valence electrons. The summed E-state index contributed by atoms with van der Waals surface area (Å²) >= 11 is 3.40. The molecule has 51 heavy (non-hydrogen) atoms. The number of rotatable bonds is 12. The molecule has 2 aromatic carbocycles. The normalized spacial score (nSPS) is 26.2. The van der Waals surface area contributed by atoms with Crippen molar-refractivity contribution in [3.05, 3.63) is 71.8 Å². The van der Waals surface area contributed by atoms with Crippen molar-refractivity contribution in [1.29, 1.82) is 0 Å². The summed E-state index contributed by atoms with van der Waals surface area (Å²) < 4.78 is 5.06. The van der Waals surface area contributed by atoms with E-state index in [2.05, 4.69) is 10.6 Å². The smallest absolute Gasteiger partial charge is 0.328 e. The minimum Gasteiger partial charge on any atom is -0.467 e. The quantitative estimate of drug-likeness (QED) is 0.305. The van der Waals surface area contributed by atoms with Crippen LogP contribution in [0.15, 0.2) is 60.7 Å². The number of nitrogens with zero attached hydrogens (tertiary/aromatic N) is 2. The molecule has 7 atom stereocenters. The van der Waals surface area contributed by atoms with Crippen LogP contribution in [0.5, 0.6) is 0 Å². The van der Waals surface area contributed by atoms with Gasteiger partial charge in [-0.15, -0.1) is 23.5 Å². The number of fused-ring (bicyclic) bond motifs is 2. The minimum absolute atomic E-state index is 0.00297. The zero-order valence-electron chi connectivity index (χ0n) is 29.4. The Bertz CT molecular complexity index is 1530. The maximum Gasteiger partial charge on any atom is 0.328 e. The Hall–Kier alpha value is -3.51. The first kappa shape index (κ1) is 37.3. The Kier molecular flexibility index (Phi) is 13.0.